The van der Waals surface area contributed by atoms with Gasteiger partial charge >= 0.3 is 11.9 Å². The van der Waals surface area contributed by atoms with Crippen LogP contribution in [0.1, 0.15) is 26.3 Å². The fraction of sp³-hybridized carbons (Fsp3) is 0.0588. The van der Waals surface area contributed by atoms with Gasteiger partial charge in [-0.1, -0.05) is 30.3 Å². The largest absolute Gasteiger partial charge is 0.508 e. The number of carbonyl (C=O) groups is 2. The summed E-state index contributed by atoms with van der Waals surface area (Å²) < 4.78 is 0. The number of hydrogen-bond donors (Lipinski definition) is 3. The zero-order valence-electron chi connectivity index (χ0n) is 11.8. The Bertz CT molecular complexity index is 643. The van der Waals surface area contributed by atoms with Crippen molar-refractivity contribution in [1.82, 2.24) is 0 Å². The molecule has 0 atom stereocenters. The quantitative estimate of drug-likeness (QED) is 0.754. The van der Waals surface area contributed by atoms with Crippen LogP contribution in [0, 0.1) is 0 Å². The van der Waals surface area contributed by atoms with Crippen LogP contribution in [0.3, 0.4) is 0 Å². The Hall–Kier alpha value is -3.08. The number of aromatic hydroxyl groups is 1. The fourth-order valence-electron chi connectivity index (χ4n) is 1.71. The lowest BCUT2D eigenvalue weighted by atomic mass is 10.1. The third kappa shape index (κ3) is 5.13. The first kappa shape index (κ1) is 17.0. The molecule has 0 aromatic heterocycles. The normalized spacial score (nSPS) is 9.27. The standard InChI is InChI=1S/C9H10O.C8H6O4/c1-2-4-8-5-3-6-9(10)7-8;9-7(10)5-3-1-2-4-6(5)8(11)12/h2-3,5-7,10H,1,4H2;1-4H,(H,9,10)(H,11,12). The van der Waals surface area contributed by atoms with Crippen molar-refractivity contribution >= 4 is 11.9 Å². The number of rotatable bonds is 4. The van der Waals surface area contributed by atoms with Gasteiger partial charge in [-0.3, -0.25) is 0 Å². The Kier molecular flexibility index (Phi) is 6.37. The van der Waals surface area contributed by atoms with Crippen LogP contribution >= 0.6 is 0 Å². The van der Waals surface area contributed by atoms with E-state index in [1.54, 1.807) is 12.1 Å². The van der Waals surface area contributed by atoms with Gasteiger partial charge in [0.15, 0.2) is 0 Å². The van der Waals surface area contributed by atoms with Crippen molar-refractivity contribution in [3.63, 3.8) is 0 Å². The summed E-state index contributed by atoms with van der Waals surface area (Å²) in [5.74, 6) is -2.14. The van der Waals surface area contributed by atoms with Crippen molar-refractivity contribution in [1.29, 1.82) is 0 Å². The molecule has 2 aromatic rings. The smallest absolute Gasteiger partial charge is 0.336 e. The molecule has 5 heteroatoms. The van der Waals surface area contributed by atoms with Crippen molar-refractivity contribution in [2.24, 2.45) is 0 Å². The van der Waals surface area contributed by atoms with Gasteiger partial charge in [0.25, 0.3) is 0 Å². The molecule has 22 heavy (non-hydrogen) atoms. The maximum Gasteiger partial charge on any atom is 0.336 e. The number of phenolic OH excluding ortho intramolecular Hbond substituents is 1. The van der Waals surface area contributed by atoms with E-state index in [-0.39, 0.29) is 11.1 Å². The summed E-state index contributed by atoms with van der Waals surface area (Å²) in [7, 11) is 0. The van der Waals surface area contributed by atoms with E-state index < -0.39 is 11.9 Å². The van der Waals surface area contributed by atoms with Crippen molar-refractivity contribution < 1.29 is 24.9 Å². The molecule has 2 rings (SSSR count). The third-order valence-corrected chi connectivity index (χ3v) is 2.68. The molecule has 3 N–H and O–H groups in total. The van der Waals surface area contributed by atoms with Crippen LogP contribution in [0.4, 0.5) is 0 Å². The summed E-state index contributed by atoms with van der Waals surface area (Å²) in [6.45, 7) is 3.60. The summed E-state index contributed by atoms with van der Waals surface area (Å²) >= 11 is 0. The second-order valence-electron chi connectivity index (χ2n) is 4.32. The van der Waals surface area contributed by atoms with Crippen molar-refractivity contribution in [3.8, 4) is 5.75 Å². The van der Waals surface area contributed by atoms with E-state index in [2.05, 4.69) is 6.58 Å². The molecule has 5 nitrogen and oxygen atoms in total. The third-order valence-electron chi connectivity index (χ3n) is 2.68. The summed E-state index contributed by atoms with van der Waals surface area (Å²) in [6.07, 6.45) is 2.63. The molecule has 114 valence electrons. The van der Waals surface area contributed by atoms with Gasteiger partial charge in [0, 0.05) is 0 Å². The van der Waals surface area contributed by atoms with E-state index in [0.717, 1.165) is 12.0 Å². The summed E-state index contributed by atoms with van der Waals surface area (Å²) in [6, 6.07) is 12.7. The molecule has 2 aromatic carbocycles. The highest BCUT2D eigenvalue weighted by atomic mass is 16.4. The van der Waals surface area contributed by atoms with Gasteiger partial charge in [-0.15, -0.1) is 6.58 Å². The fourth-order valence-corrected chi connectivity index (χ4v) is 1.71. The summed E-state index contributed by atoms with van der Waals surface area (Å²) in [5, 5.41) is 26.1. The van der Waals surface area contributed by atoms with Gasteiger partial charge in [-0.2, -0.15) is 0 Å². The number of aromatic carboxylic acids is 2. The van der Waals surface area contributed by atoms with Gasteiger partial charge < -0.3 is 15.3 Å². The minimum atomic E-state index is -1.23. The predicted octanol–water partition coefficient (Wildman–Crippen LogP) is 3.20. The molecule has 0 heterocycles. The molecule has 0 saturated carbocycles. The molecule has 0 amide bonds. The second kappa shape index (κ2) is 8.26. The van der Waals surface area contributed by atoms with E-state index in [4.69, 9.17) is 15.3 Å². The number of hydrogen-bond acceptors (Lipinski definition) is 3. The van der Waals surface area contributed by atoms with Crippen LogP contribution < -0.4 is 0 Å². The number of allylic oxidation sites excluding steroid dienone is 1. The molecule has 0 radical (unpaired) electrons. The van der Waals surface area contributed by atoms with E-state index in [0.29, 0.717) is 5.75 Å². The van der Waals surface area contributed by atoms with Crippen LogP contribution in [0.5, 0.6) is 5.75 Å². The molecule has 0 unspecified atom stereocenters. The number of carboxylic acid groups (broad SMARTS) is 2. The Morgan fingerprint density at radius 3 is 1.91 bits per heavy atom. The van der Waals surface area contributed by atoms with Crippen molar-refractivity contribution in [2.75, 3.05) is 0 Å². The van der Waals surface area contributed by atoms with E-state index in [1.165, 1.54) is 24.3 Å². The molecule has 0 spiro atoms. The Labute approximate surface area is 127 Å². The Balaban J connectivity index is 0.000000224. The molecule has 0 bridgehead atoms. The SMILES string of the molecule is C=CCc1cccc(O)c1.O=C(O)c1ccccc1C(=O)O. The van der Waals surface area contributed by atoms with E-state index >= 15 is 0 Å². The first-order valence-electron chi connectivity index (χ1n) is 6.40. The second-order valence-corrected chi connectivity index (χ2v) is 4.32. The van der Waals surface area contributed by atoms with Crippen LogP contribution in [0.2, 0.25) is 0 Å². The van der Waals surface area contributed by atoms with Crippen LogP contribution in [-0.4, -0.2) is 27.3 Å². The van der Waals surface area contributed by atoms with E-state index in [9.17, 15) is 9.59 Å². The van der Waals surface area contributed by atoms with Crippen LogP contribution in [0.25, 0.3) is 0 Å². The van der Waals surface area contributed by atoms with Gasteiger partial charge in [0.1, 0.15) is 5.75 Å². The van der Waals surface area contributed by atoms with Crippen molar-refractivity contribution in [2.45, 2.75) is 6.42 Å². The average molecular weight is 300 g/mol. The number of benzene rings is 2. The first-order valence-corrected chi connectivity index (χ1v) is 6.40. The van der Waals surface area contributed by atoms with Crippen LogP contribution in [-0.2, 0) is 6.42 Å². The lowest BCUT2D eigenvalue weighted by Gasteiger charge is -1.98. The first-order chi connectivity index (χ1) is 10.5. The summed E-state index contributed by atoms with van der Waals surface area (Å²) in [4.78, 5) is 20.9. The van der Waals surface area contributed by atoms with Gasteiger partial charge in [-0.05, 0) is 36.2 Å². The van der Waals surface area contributed by atoms with Gasteiger partial charge in [0.2, 0.25) is 0 Å². The average Bonchev–Trinajstić information content (AvgIpc) is 2.48. The monoisotopic (exact) mass is 300 g/mol. The van der Waals surface area contributed by atoms with E-state index in [1.807, 2.05) is 18.2 Å². The Morgan fingerprint density at radius 2 is 1.50 bits per heavy atom. The van der Waals surface area contributed by atoms with Gasteiger partial charge in [-0.25, -0.2) is 9.59 Å². The minimum Gasteiger partial charge on any atom is -0.508 e. The topological polar surface area (TPSA) is 94.8 Å². The molecule has 0 aliphatic rings. The lowest BCUT2D eigenvalue weighted by Crippen LogP contribution is -2.06. The molecular weight excluding hydrogens is 284 g/mol. The molecular formula is C17H16O5. The highest BCUT2D eigenvalue weighted by Crippen LogP contribution is 2.11. The molecule has 0 aliphatic carbocycles. The minimum absolute atomic E-state index is 0.190. The molecule has 0 fully saturated rings. The maximum atomic E-state index is 10.5. The van der Waals surface area contributed by atoms with Crippen LogP contribution in [0.15, 0.2) is 61.2 Å². The lowest BCUT2D eigenvalue weighted by molar-refractivity contribution is 0.0651. The Morgan fingerprint density at radius 1 is 0.955 bits per heavy atom. The summed E-state index contributed by atoms with van der Waals surface area (Å²) in [5.41, 5.74) is 0.713. The molecule has 0 aliphatic heterocycles. The highest BCUT2D eigenvalue weighted by Gasteiger charge is 2.13. The highest BCUT2D eigenvalue weighted by molar-refractivity contribution is 6.01. The zero-order valence-corrected chi connectivity index (χ0v) is 11.8. The van der Waals surface area contributed by atoms with Crippen molar-refractivity contribution in [3.05, 3.63) is 77.9 Å². The predicted molar refractivity (Wildman–Crippen MR) is 82.4 cm³/mol. The maximum absolute atomic E-state index is 10.5. The number of carboxylic acids is 2. The van der Waals surface area contributed by atoms with Gasteiger partial charge in [0.05, 0.1) is 11.1 Å². The number of phenols is 1. The zero-order chi connectivity index (χ0) is 16.5. The molecule has 0 saturated heterocycles.